The van der Waals surface area contributed by atoms with Crippen molar-refractivity contribution in [3.05, 3.63) is 23.3 Å². The molecule has 0 fully saturated rings. The molecule has 1 aliphatic carbocycles. The minimum absolute atomic E-state index is 0.523. The van der Waals surface area contributed by atoms with Crippen molar-refractivity contribution in [1.29, 1.82) is 0 Å². The van der Waals surface area contributed by atoms with Gasteiger partial charge in [0.25, 0.3) is 0 Å². The average Bonchev–Trinajstić information content (AvgIpc) is 2.02. The van der Waals surface area contributed by atoms with E-state index in [0.29, 0.717) is 11.2 Å². The fourth-order valence-electron chi connectivity index (χ4n) is 1.20. The molecule has 0 aromatic rings. The first-order chi connectivity index (χ1) is 6.20. The molecule has 0 atom stereocenters. The van der Waals surface area contributed by atoms with Gasteiger partial charge in [0.1, 0.15) is 0 Å². The summed E-state index contributed by atoms with van der Waals surface area (Å²) in [5, 5.41) is 0. The zero-order valence-corrected chi connectivity index (χ0v) is 14.6. The summed E-state index contributed by atoms with van der Waals surface area (Å²) in [6.45, 7) is 4.39. The maximum absolute atomic E-state index is 3.39. The number of hydrogen-bond acceptors (Lipinski definition) is 0. The molecule has 3 heteroatoms. The monoisotopic (exact) mass is 584 g/mol. The Morgan fingerprint density at radius 1 is 1.31 bits per heavy atom. The van der Waals surface area contributed by atoms with Gasteiger partial charge in [-0.05, 0) is 13.3 Å². The van der Waals surface area contributed by atoms with Crippen LogP contribution in [-0.4, -0.2) is 0 Å². The van der Waals surface area contributed by atoms with Gasteiger partial charge in [-0.2, -0.15) is 6.42 Å². The molecule has 0 aromatic heterocycles. The van der Waals surface area contributed by atoms with E-state index in [1.807, 2.05) is 0 Å². The molecule has 0 bridgehead atoms. The molecule has 1 rings (SSSR count). The van der Waals surface area contributed by atoms with Crippen molar-refractivity contribution in [3.8, 4) is 0 Å². The fourth-order valence-corrected chi connectivity index (χ4v) is 1.20. The third-order valence-corrected chi connectivity index (χ3v) is 1.96. The Bertz CT molecular complexity index is 165. The molecule has 0 spiro atoms. The van der Waals surface area contributed by atoms with Gasteiger partial charge in [-0.25, -0.2) is 0 Å². The third-order valence-electron chi connectivity index (χ3n) is 1.96. The Morgan fingerprint density at radius 3 is 2.54 bits per heavy atom. The summed E-state index contributed by atoms with van der Waals surface area (Å²) < 4.78 is 0. The van der Waals surface area contributed by atoms with Gasteiger partial charge in [0, 0.05) is 0 Å². The Morgan fingerprint density at radius 2 is 1.92 bits per heavy atom. The van der Waals surface area contributed by atoms with Crippen molar-refractivity contribution >= 4 is 38.7 Å². The molecular formula is C10H15I2Pt-. The van der Waals surface area contributed by atoms with Crippen LogP contribution >= 0.6 is 38.7 Å². The van der Waals surface area contributed by atoms with Crippen LogP contribution in [0.1, 0.15) is 39.5 Å². The van der Waals surface area contributed by atoms with Crippen LogP contribution < -0.4 is 0 Å². The summed E-state index contributed by atoms with van der Waals surface area (Å²) >= 11 is 5.30. The van der Waals surface area contributed by atoms with Crippen molar-refractivity contribution in [2.75, 3.05) is 0 Å². The summed E-state index contributed by atoms with van der Waals surface area (Å²) in [6, 6.07) is 0. The molecule has 80 valence electrons. The van der Waals surface area contributed by atoms with Crippen LogP contribution in [0.15, 0.2) is 17.2 Å². The summed E-state index contributed by atoms with van der Waals surface area (Å²) in [5.74, 6) is 0. The molecule has 0 N–H and O–H groups in total. The molecule has 0 saturated heterocycles. The van der Waals surface area contributed by atoms with Crippen molar-refractivity contribution in [2.45, 2.75) is 39.5 Å². The van der Waals surface area contributed by atoms with Gasteiger partial charge < -0.3 is 6.08 Å². The molecule has 0 amide bonds. The second kappa shape index (κ2) is 10.2. The van der Waals surface area contributed by atoms with Crippen LogP contribution in [0, 0.1) is 6.08 Å². The SMILES string of the molecule is CC1=[C-]CC/C(C)=C\CC1.[I][Pt][I]. The Labute approximate surface area is 111 Å². The van der Waals surface area contributed by atoms with Gasteiger partial charge in [0.2, 0.25) is 0 Å². The predicted octanol–water partition coefficient (Wildman–Crippen LogP) is 5.03. The molecule has 0 unspecified atom stereocenters. The second-order valence-electron chi connectivity index (χ2n) is 3.09. The van der Waals surface area contributed by atoms with Gasteiger partial charge in [0.15, 0.2) is 0 Å². The minimum atomic E-state index is 0.523. The van der Waals surface area contributed by atoms with Gasteiger partial charge in [-0.1, -0.05) is 31.4 Å². The van der Waals surface area contributed by atoms with E-state index in [1.165, 1.54) is 30.4 Å². The normalized spacial score (nSPS) is 21.5. The predicted molar refractivity (Wildman–Crippen MR) is 72.7 cm³/mol. The van der Waals surface area contributed by atoms with E-state index in [9.17, 15) is 0 Å². The molecule has 13 heavy (non-hydrogen) atoms. The Kier molecular flexibility index (Phi) is 11.4. The van der Waals surface area contributed by atoms with Gasteiger partial charge in [-0.15, -0.1) is 0 Å². The topological polar surface area (TPSA) is 0 Å². The first-order valence-electron chi connectivity index (χ1n) is 4.25. The van der Waals surface area contributed by atoms with Gasteiger partial charge in [0.05, 0.1) is 0 Å². The molecule has 0 aromatic carbocycles. The van der Waals surface area contributed by atoms with Crippen LogP contribution in [0.3, 0.4) is 0 Å². The van der Waals surface area contributed by atoms with E-state index < -0.39 is 0 Å². The molecule has 1 aliphatic rings. The summed E-state index contributed by atoms with van der Waals surface area (Å²) in [4.78, 5) is 0. The van der Waals surface area contributed by atoms with Crippen molar-refractivity contribution in [3.63, 3.8) is 0 Å². The molecule has 0 saturated carbocycles. The zero-order valence-electron chi connectivity index (χ0n) is 7.98. The molecule has 0 aliphatic heterocycles. The summed E-state index contributed by atoms with van der Waals surface area (Å²) in [7, 11) is 0. The number of halogens is 2. The fraction of sp³-hybridized carbons (Fsp3) is 0.600. The molecular weight excluding hydrogens is 569 g/mol. The van der Waals surface area contributed by atoms with Gasteiger partial charge >= 0.3 is 49.9 Å². The number of rotatable bonds is 0. The van der Waals surface area contributed by atoms with Crippen LogP contribution in [0.5, 0.6) is 0 Å². The molecule has 0 nitrogen and oxygen atoms in total. The van der Waals surface area contributed by atoms with E-state index >= 15 is 0 Å². The van der Waals surface area contributed by atoms with Crippen molar-refractivity contribution in [2.24, 2.45) is 0 Å². The van der Waals surface area contributed by atoms with Crippen LogP contribution in [0.4, 0.5) is 0 Å². The first kappa shape index (κ1) is 14.6. The molecule has 0 heterocycles. The number of hydrogen-bond donors (Lipinski definition) is 0. The standard InChI is InChI=1S/C10H15.2HI.Pt/c1-9-5-3-7-10(2)8-4-6-9;;;/h5H,3-4,6-7H2,1-2H3;2*1H;/q-1;;;+2/p-2/b9-5-;;;. The van der Waals surface area contributed by atoms with E-state index in [0.717, 1.165) is 6.42 Å². The summed E-state index contributed by atoms with van der Waals surface area (Å²) in [5.41, 5.74) is 2.96. The van der Waals surface area contributed by atoms with Crippen molar-refractivity contribution < 1.29 is 11.2 Å². The summed E-state index contributed by atoms with van der Waals surface area (Å²) in [6.07, 6.45) is 10.5. The van der Waals surface area contributed by atoms with Crippen LogP contribution in [-0.2, 0) is 11.2 Å². The third kappa shape index (κ3) is 9.92. The average molecular weight is 584 g/mol. The Balaban J connectivity index is 0.000000424. The zero-order chi connectivity index (χ0) is 10.1. The van der Waals surface area contributed by atoms with E-state index in [2.05, 4.69) is 64.7 Å². The van der Waals surface area contributed by atoms with E-state index in [1.54, 1.807) is 0 Å². The maximum atomic E-state index is 3.39. The quantitative estimate of drug-likeness (QED) is 0.213. The first-order valence-corrected chi connectivity index (χ1v) is 17.1. The van der Waals surface area contributed by atoms with Crippen molar-refractivity contribution in [1.82, 2.24) is 0 Å². The number of allylic oxidation sites excluding steroid dienone is 4. The van der Waals surface area contributed by atoms with Crippen LogP contribution in [0.25, 0.3) is 0 Å². The van der Waals surface area contributed by atoms with Gasteiger partial charge in [-0.3, -0.25) is 5.57 Å². The molecule has 0 radical (unpaired) electrons. The second-order valence-corrected chi connectivity index (χ2v) is 19.7. The van der Waals surface area contributed by atoms with E-state index in [-0.39, 0.29) is 0 Å². The van der Waals surface area contributed by atoms with Crippen LogP contribution in [0.2, 0.25) is 0 Å². The Hall–Kier alpha value is 1.63. The van der Waals surface area contributed by atoms with E-state index in [4.69, 9.17) is 0 Å².